The molecule has 0 saturated carbocycles. The molecule has 1 N–H and O–H groups in total. The Morgan fingerprint density at radius 3 is 2.65 bits per heavy atom. The lowest BCUT2D eigenvalue weighted by Crippen LogP contribution is -2.12. The second-order valence-corrected chi connectivity index (χ2v) is 4.29. The molecular weight excluding hydrogens is 214 g/mol. The van der Waals surface area contributed by atoms with E-state index >= 15 is 0 Å². The Kier molecular flexibility index (Phi) is 2.25. The van der Waals surface area contributed by atoms with Gasteiger partial charge in [-0.3, -0.25) is 0 Å². The van der Waals surface area contributed by atoms with E-state index in [2.05, 4.69) is 30.4 Å². The first-order chi connectivity index (χ1) is 8.25. The molecule has 0 bridgehead atoms. The van der Waals surface area contributed by atoms with Crippen molar-refractivity contribution >= 4 is 16.9 Å². The van der Waals surface area contributed by atoms with E-state index in [4.69, 9.17) is 4.74 Å². The summed E-state index contributed by atoms with van der Waals surface area (Å²) in [6, 6.07) is 12.3. The van der Waals surface area contributed by atoms with Crippen molar-refractivity contribution in [3.8, 4) is 0 Å². The van der Waals surface area contributed by atoms with Crippen LogP contribution in [-0.2, 0) is 4.74 Å². The fourth-order valence-corrected chi connectivity index (χ4v) is 2.32. The van der Waals surface area contributed by atoms with Crippen LogP contribution in [0.15, 0.2) is 36.4 Å². The first kappa shape index (κ1) is 10.1. The standard InChI is InChI=1S/C14H13NO2/c1-9-6-7-12(13-8-15-14(16)17-13)11-5-3-2-4-10(9)11/h2-7,13H,8H2,1H3,(H,15,16). The number of amides is 1. The van der Waals surface area contributed by atoms with Gasteiger partial charge in [-0.2, -0.15) is 0 Å². The fourth-order valence-electron chi connectivity index (χ4n) is 2.32. The van der Waals surface area contributed by atoms with Crippen LogP contribution in [0.3, 0.4) is 0 Å². The topological polar surface area (TPSA) is 38.3 Å². The predicted octanol–water partition coefficient (Wildman–Crippen LogP) is 2.93. The quantitative estimate of drug-likeness (QED) is 0.813. The highest BCUT2D eigenvalue weighted by molar-refractivity contribution is 5.89. The molecule has 0 aliphatic carbocycles. The molecule has 1 unspecified atom stereocenters. The van der Waals surface area contributed by atoms with E-state index in [0.29, 0.717) is 6.54 Å². The minimum atomic E-state index is -0.334. The summed E-state index contributed by atoms with van der Waals surface area (Å²) in [6.45, 7) is 2.64. The summed E-state index contributed by atoms with van der Waals surface area (Å²) >= 11 is 0. The lowest BCUT2D eigenvalue weighted by Gasteiger charge is -2.13. The molecule has 3 nitrogen and oxygen atoms in total. The predicted molar refractivity (Wildman–Crippen MR) is 65.9 cm³/mol. The highest BCUT2D eigenvalue weighted by Gasteiger charge is 2.25. The maximum absolute atomic E-state index is 11.1. The van der Waals surface area contributed by atoms with Crippen LogP contribution in [0.1, 0.15) is 17.2 Å². The summed E-state index contributed by atoms with van der Waals surface area (Å²) in [7, 11) is 0. The molecule has 3 heteroatoms. The van der Waals surface area contributed by atoms with Crippen LogP contribution in [0, 0.1) is 6.92 Å². The number of fused-ring (bicyclic) bond motifs is 1. The Bertz CT molecular complexity index is 592. The third-order valence-corrected chi connectivity index (χ3v) is 3.20. The molecule has 1 aliphatic rings. The molecule has 1 amide bonds. The van der Waals surface area contributed by atoms with E-state index in [-0.39, 0.29) is 12.2 Å². The Morgan fingerprint density at radius 2 is 1.94 bits per heavy atom. The Labute approximate surface area is 99.4 Å². The number of aryl methyl sites for hydroxylation is 1. The van der Waals surface area contributed by atoms with Gasteiger partial charge in [-0.25, -0.2) is 4.79 Å². The van der Waals surface area contributed by atoms with E-state index in [0.717, 1.165) is 10.9 Å². The highest BCUT2D eigenvalue weighted by atomic mass is 16.6. The molecule has 0 radical (unpaired) electrons. The van der Waals surface area contributed by atoms with Gasteiger partial charge in [0.15, 0.2) is 0 Å². The van der Waals surface area contributed by atoms with Gasteiger partial charge in [0.2, 0.25) is 0 Å². The van der Waals surface area contributed by atoms with Crippen LogP contribution in [0.5, 0.6) is 0 Å². The van der Waals surface area contributed by atoms with Gasteiger partial charge >= 0.3 is 6.09 Å². The van der Waals surface area contributed by atoms with Gasteiger partial charge in [-0.15, -0.1) is 0 Å². The number of alkyl carbamates (subject to hydrolysis) is 1. The smallest absolute Gasteiger partial charge is 0.407 e. The molecular formula is C14H13NO2. The summed E-state index contributed by atoms with van der Waals surface area (Å²) in [6.07, 6.45) is -0.507. The molecule has 1 saturated heterocycles. The number of benzene rings is 2. The second-order valence-electron chi connectivity index (χ2n) is 4.29. The molecule has 17 heavy (non-hydrogen) atoms. The number of carbonyl (C=O) groups is 1. The summed E-state index contributed by atoms with van der Waals surface area (Å²) in [5, 5.41) is 5.06. The Morgan fingerprint density at radius 1 is 1.18 bits per heavy atom. The van der Waals surface area contributed by atoms with E-state index in [1.165, 1.54) is 10.9 Å². The van der Waals surface area contributed by atoms with Crippen LogP contribution in [0.4, 0.5) is 4.79 Å². The zero-order chi connectivity index (χ0) is 11.8. The zero-order valence-electron chi connectivity index (χ0n) is 9.57. The highest BCUT2D eigenvalue weighted by Crippen LogP contribution is 2.30. The van der Waals surface area contributed by atoms with Crippen molar-refractivity contribution in [1.82, 2.24) is 5.32 Å². The lowest BCUT2D eigenvalue weighted by atomic mass is 9.97. The maximum atomic E-state index is 11.1. The number of hydrogen-bond acceptors (Lipinski definition) is 2. The average Bonchev–Trinajstić information content (AvgIpc) is 2.77. The normalized spacial score (nSPS) is 19.1. The van der Waals surface area contributed by atoms with Crippen molar-refractivity contribution in [3.63, 3.8) is 0 Å². The summed E-state index contributed by atoms with van der Waals surface area (Å²) in [5.41, 5.74) is 2.31. The Hall–Kier alpha value is -2.03. The second kappa shape index (κ2) is 3.77. The van der Waals surface area contributed by atoms with Gasteiger partial charge in [-0.1, -0.05) is 36.4 Å². The lowest BCUT2D eigenvalue weighted by molar-refractivity contribution is 0.142. The molecule has 86 valence electrons. The maximum Gasteiger partial charge on any atom is 0.407 e. The largest absolute Gasteiger partial charge is 0.439 e. The van der Waals surface area contributed by atoms with Crippen molar-refractivity contribution in [3.05, 3.63) is 47.5 Å². The van der Waals surface area contributed by atoms with Crippen LogP contribution >= 0.6 is 0 Å². The number of cyclic esters (lactones) is 1. The number of ether oxygens (including phenoxy) is 1. The first-order valence-corrected chi connectivity index (χ1v) is 5.68. The molecule has 1 atom stereocenters. The molecule has 2 aromatic carbocycles. The van der Waals surface area contributed by atoms with Crippen molar-refractivity contribution in [2.45, 2.75) is 13.0 Å². The molecule has 3 rings (SSSR count). The molecule has 1 heterocycles. The van der Waals surface area contributed by atoms with Gasteiger partial charge < -0.3 is 10.1 Å². The third kappa shape index (κ3) is 1.64. The third-order valence-electron chi connectivity index (χ3n) is 3.20. The van der Waals surface area contributed by atoms with Gasteiger partial charge in [-0.05, 0) is 23.3 Å². The summed E-state index contributed by atoms with van der Waals surface area (Å²) in [4.78, 5) is 11.1. The number of hydrogen-bond donors (Lipinski definition) is 1. The van der Waals surface area contributed by atoms with E-state index in [1.54, 1.807) is 0 Å². The average molecular weight is 227 g/mol. The van der Waals surface area contributed by atoms with Crippen molar-refractivity contribution < 1.29 is 9.53 Å². The van der Waals surface area contributed by atoms with Gasteiger partial charge in [0.05, 0.1) is 6.54 Å². The molecule has 1 fully saturated rings. The summed E-state index contributed by atoms with van der Waals surface area (Å²) < 4.78 is 5.25. The van der Waals surface area contributed by atoms with E-state index in [1.807, 2.05) is 18.2 Å². The van der Waals surface area contributed by atoms with Crippen molar-refractivity contribution in [2.75, 3.05) is 6.54 Å². The fraction of sp³-hybridized carbons (Fsp3) is 0.214. The number of nitrogens with one attached hydrogen (secondary N) is 1. The van der Waals surface area contributed by atoms with Gasteiger partial charge in [0, 0.05) is 5.56 Å². The minimum Gasteiger partial charge on any atom is -0.439 e. The molecule has 2 aromatic rings. The molecule has 0 aromatic heterocycles. The number of carbonyl (C=O) groups excluding carboxylic acids is 1. The van der Waals surface area contributed by atoms with Gasteiger partial charge in [0.25, 0.3) is 0 Å². The number of rotatable bonds is 1. The SMILES string of the molecule is Cc1ccc(C2CNC(=O)O2)c2ccccc12. The Balaban J connectivity index is 2.17. The van der Waals surface area contributed by atoms with Crippen LogP contribution < -0.4 is 5.32 Å². The van der Waals surface area contributed by atoms with Crippen LogP contribution in [0.2, 0.25) is 0 Å². The first-order valence-electron chi connectivity index (χ1n) is 5.68. The summed E-state index contributed by atoms with van der Waals surface area (Å²) in [5.74, 6) is 0. The van der Waals surface area contributed by atoms with Crippen molar-refractivity contribution in [1.29, 1.82) is 0 Å². The minimum absolute atomic E-state index is 0.173. The molecule has 1 aliphatic heterocycles. The van der Waals surface area contributed by atoms with Crippen molar-refractivity contribution in [2.24, 2.45) is 0 Å². The molecule has 0 spiro atoms. The van der Waals surface area contributed by atoms with E-state index < -0.39 is 0 Å². The zero-order valence-corrected chi connectivity index (χ0v) is 9.57. The van der Waals surface area contributed by atoms with Gasteiger partial charge in [0.1, 0.15) is 6.10 Å². The van der Waals surface area contributed by atoms with Crippen LogP contribution in [0.25, 0.3) is 10.8 Å². The van der Waals surface area contributed by atoms with Crippen LogP contribution in [-0.4, -0.2) is 12.6 Å². The van der Waals surface area contributed by atoms with E-state index in [9.17, 15) is 4.79 Å². The monoisotopic (exact) mass is 227 g/mol.